The van der Waals surface area contributed by atoms with E-state index >= 15 is 0 Å². The molecule has 3 nitrogen and oxygen atoms in total. The zero-order chi connectivity index (χ0) is 15.1. The predicted octanol–water partition coefficient (Wildman–Crippen LogP) is 2.83. The third kappa shape index (κ3) is 4.65. The van der Waals surface area contributed by atoms with E-state index in [1.54, 1.807) is 18.1 Å². The lowest BCUT2D eigenvalue weighted by Crippen LogP contribution is -2.28. The molecule has 108 valence electrons. The summed E-state index contributed by atoms with van der Waals surface area (Å²) >= 11 is 0. The van der Waals surface area contributed by atoms with Crippen LogP contribution in [-0.2, 0) is 22.4 Å². The molecule has 0 heterocycles. The number of rotatable bonds is 2. The van der Waals surface area contributed by atoms with Crippen molar-refractivity contribution >= 4 is 11.7 Å². The smallest absolute Gasteiger partial charge is 0.287 e. The number of Topliss-reactive ketones (excluding diaryl/α,β-unsaturated/α-hetero) is 1. The zero-order valence-corrected chi connectivity index (χ0v) is 12.7. The molecule has 1 aliphatic carbocycles. The van der Waals surface area contributed by atoms with Gasteiger partial charge >= 0.3 is 0 Å². The van der Waals surface area contributed by atoms with Gasteiger partial charge in [0.1, 0.15) is 0 Å². The molecule has 0 saturated carbocycles. The molecule has 0 spiro atoms. The van der Waals surface area contributed by atoms with Gasteiger partial charge in [-0.25, -0.2) is 0 Å². The molecule has 1 aliphatic rings. The Balaban J connectivity index is 0.000000221. The summed E-state index contributed by atoms with van der Waals surface area (Å²) in [5.74, 6) is -0.945. The summed E-state index contributed by atoms with van der Waals surface area (Å²) in [7, 11) is 0. The van der Waals surface area contributed by atoms with Crippen molar-refractivity contribution < 1.29 is 9.59 Å². The van der Waals surface area contributed by atoms with Crippen molar-refractivity contribution in [2.45, 2.75) is 40.5 Å². The zero-order valence-electron chi connectivity index (χ0n) is 12.7. The summed E-state index contributed by atoms with van der Waals surface area (Å²) in [6, 6.07) is 8.75. The van der Waals surface area contributed by atoms with Crippen molar-refractivity contribution in [3.05, 3.63) is 46.5 Å². The fraction of sp³-hybridized carbons (Fsp3) is 0.412. The number of nitrogens with one attached hydrogen (secondary N) is 1. The third-order valence-corrected chi connectivity index (χ3v) is 3.42. The van der Waals surface area contributed by atoms with Gasteiger partial charge in [-0.05, 0) is 44.7 Å². The Bertz CT molecular complexity index is 497. The van der Waals surface area contributed by atoms with E-state index in [0.717, 1.165) is 12.8 Å². The Morgan fingerprint density at radius 1 is 1.05 bits per heavy atom. The van der Waals surface area contributed by atoms with E-state index in [9.17, 15) is 9.59 Å². The molecule has 1 amide bonds. The number of carbonyl (C=O) groups is 2. The second-order valence-corrected chi connectivity index (χ2v) is 5.10. The maximum Gasteiger partial charge on any atom is 0.287 e. The average Bonchev–Trinajstić information content (AvgIpc) is 2.41. The van der Waals surface area contributed by atoms with Gasteiger partial charge in [0, 0.05) is 13.5 Å². The molecule has 1 aromatic carbocycles. The summed E-state index contributed by atoms with van der Waals surface area (Å²) < 4.78 is 0. The number of carbonyl (C=O) groups excluding carboxylic acids is 2. The summed E-state index contributed by atoms with van der Waals surface area (Å²) in [6.45, 7) is 8.00. The first-order valence-corrected chi connectivity index (χ1v) is 6.96. The van der Waals surface area contributed by atoms with E-state index in [0.29, 0.717) is 6.54 Å². The van der Waals surface area contributed by atoms with Crippen LogP contribution in [0.15, 0.2) is 35.4 Å². The van der Waals surface area contributed by atoms with Crippen LogP contribution >= 0.6 is 0 Å². The highest BCUT2D eigenvalue weighted by Gasteiger charge is 2.10. The molecule has 0 atom stereocenters. The van der Waals surface area contributed by atoms with E-state index < -0.39 is 11.7 Å². The van der Waals surface area contributed by atoms with E-state index in [1.165, 1.54) is 18.1 Å². The lowest BCUT2D eigenvalue weighted by molar-refractivity contribution is -0.136. The first kappa shape index (κ1) is 16.2. The average molecular weight is 273 g/mol. The molecule has 1 aromatic rings. The molecule has 0 bridgehead atoms. The van der Waals surface area contributed by atoms with Crippen LogP contribution in [-0.4, -0.2) is 18.2 Å². The quantitative estimate of drug-likeness (QED) is 0.665. The molecule has 0 fully saturated rings. The van der Waals surface area contributed by atoms with E-state index in [1.807, 2.05) is 0 Å². The minimum Gasteiger partial charge on any atom is -0.350 e. The standard InChI is InChI=1S/C12H14.C5H9NO2/c1-9-7-11-5-3-4-6-12(11)8-10(9)2;1-3-6-5(8)4(2)7/h3-6H,7-8H2,1-2H3;3H2,1-2H3,(H,6,8). The minimum atomic E-state index is -0.507. The molecule has 2 rings (SSSR count). The van der Waals surface area contributed by atoms with E-state index in [2.05, 4.69) is 43.4 Å². The van der Waals surface area contributed by atoms with Crippen LogP contribution in [0.3, 0.4) is 0 Å². The highest BCUT2D eigenvalue weighted by molar-refractivity contribution is 6.35. The maximum atomic E-state index is 10.3. The van der Waals surface area contributed by atoms with Crippen LogP contribution in [0.25, 0.3) is 0 Å². The van der Waals surface area contributed by atoms with Gasteiger partial charge in [0.15, 0.2) is 0 Å². The van der Waals surface area contributed by atoms with Gasteiger partial charge in [0.2, 0.25) is 5.78 Å². The molecule has 0 unspecified atom stereocenters. The number of likely N-dealkylation sites (N-methyl/N-ethyl adjacent to an activating group) is 1. The fourth-order valence-corrected chi connectivity index (χ4v) is 2.06. The van der Waals surface area contributed by atoms with Crippen LogP contribution in [0.4, 0.5) is 0 Å². The number of hydrogen-bond donors (Lipinski definition) is 1. The molecule has 0 radical (unpaired) electrons. The Labute approximate surface area is 121 Å². The monoisotopic (exact) mass is 273 g/mol. The molecule has 20 heavy (non-hydrogen) atoms. The number of ketones is 1. The molecule has 3 heteroatoms. The first-order chi connectivity index (χ1) is 9.45. The largest absolute Gasteiger partial charge is 0.350 e. The third-order valence-electron chi connectivity index (χ3n) is 3.42. The Hall–Kier alpha value is -1.90. The number of amides is 1. The van der Waals surface area contributed by atoms with Gasteiger partial charge in [-0.3, -0.25) is 9.59 Å². The number of allylic oxidation sites excluding steroid dienone is 2. The van der Waals surface area contributed by atoms with Crippen LogP contribution in [0.1, 0.15) is 38.8 Å². The van der Waals surface area contributed by atoms with Crippen LogP contribution < -0.4 is 5.32 Å². The summed E-state index contributed by atoms with van der Waals surface area (Å²) in [5, 5.41) is 2.36. The molecule has 0 saturated heterocycles. The maximum absolute atomic E-state index is 10.3. The Morgan fingerprint density at radius 2 is 1.50 bits per heavy atom. The summed E-state index contributed by atoms with van der Waals surface area (Å²) in [4.78, 5) is 20.4. The van der Waals surface area contributed by atoms with Gasteiger partial charge in [0.25, 0.3) is 5.91 Å². The van der Waals surface area contributed by atoms with Crippen molar-refractivity contribution in [3.63, 3.8) is 0 Å². The molecule has 0 aliphatic heterocycles. The van der Waals surface area contributed by atoms with Gasteiger partial charge in [-0.15, -0.1) is 0 Å². The van der Waals surface area contributed by atoms with Crippen LogP contribution in [0.5, 0.6) is 0 Å². The second-order valence-electron chi connectivity index (χ2n) is 5.10. The lowest BCUT2D eigenvalue weighted by atomic mass is 9.88. The normalized spacial score (nSPS) is 13.0. The molecular weight excluding hydrogens is 250 g/mol. The number of hydrogen-bond acceptors (Lipinski definition) is 2. The lowest BCUT2D eigenvalue weighted by Gasteiger charge is -2.18. The summed E-state index contributed by atoms with van der Waals surface area (Å²) in [6.07, 6.45) is 2.31. The Morgan fingerprint density at radius 3 is 1.80 bits per heavy atom. The minimum absolute atomic E-state index is 0.438. The van der Waals surface area contributed by atoms with Crippen LogP contribution in [0, 0.1) is 0 Å². The van der Waals surface area contributed by atoms with Crippen molar-refractivity contribution in [3.8, 4) is 0 Å². The Kier molecular flexibility index (Phi) is 6.16. The molecule has 1 N–H and O–H groups in total. The SMILES string of the molecule is CC1=C(C)Cc2ccccc2C1.CCNC(=O)C(C)=O. The first-order valence-electron chi connectivity index (χ1n) is 6.96. The highest BCUT2D eigenvalue weighted by atomic mass is 16.2. The predicted molar refractivity (Wildman–Crippen MR) is 81.6 cm³/mol. The molecule has 0 aromatic heterocycles. The van der Waals surface area contributed by atoms with Gasteiger partial charge in [-0.1, -0.05) is 35.4 Å². The number of benzene rings is 1. The summed E-state index contributed by atoms with van der Waals surface area (Å²) in [5.41, 5.74) is 6.13. The van der Waals surface area contributed by atoms with E-state index in [-0.39, 0.29) is 0 Å². The topological polar surface area (TPSA) is 46.2 Å². The van der Waals surface area contributed by atoms with Crippen molar-refractivity contribution in [1.29, 1.82) is 0 Å². The van der Waals surface area contributed by atoms with Crippen molar-refractivity contribution in [2.75, 3.05) is 6.54 Å². The van der Waals surface area contributed by atoms with E-state index in [4.69, 9.17) is 0 Å². The van der Waals surface area contributed by atoms with Gasteiger partial charge < -0.3 is 5.32 Å². The van der Waals surface area contributed by atoms with Gasteiger partial charge in [0.05, 0.1) is 0 Å². The van der Waals surface area contributed by atoms with Crippen molar-refractivity contribution in [2.24, 2.45) is 0 Å². The van der Waals surface area contributed by atoms with Gasteiger partial charge in [-0.2, -0.15) is 0 Å². The van der Waals surface area contributed by atoms with Crippen LogP contribution in [0.2, 0.25) is 0 Å². The number of fused-ring (bicyclic) bond motifs is 1. The highest BCUT2D eigenvalue weighted by Crippen LogP contribution is 2.24. The van der Waals surface area contributed by atoms with Crippen molar-refractivity contribution in [1.82, 2.24) is 5.32 Å². The fourth-order valence-electron chi connectivity index (χ4n) is 2.06. The molecular formula is C17H23NO2. The second kappa shape index (κ2) is 7.63.